The zero-order chi connectivity index (χ0) is 23.6. The maximum absolute atomic E-state index is 13.0. The lowest BCUT2D eigenvalue weighted by molar-refractivity contribution is -0.137. The molecule has 0 aromatic heterocycles. The number of methoxy groups -OCH3 is 1. The first-order chi connectivity index (χ1) is 16.0. The fourth-order valence-corrected chi connectivity index (χ4v) is 3.47. The number of carbonyl (C=O) groups is 3. The maximum atomic E-state index is 13.0. The monoisotopic (exact) mass is 446 g/mol. The summed E-state index contributed by atoms with van der Waals surface area (Å²) < 4.78 is 5.14. The molecule has 2 unspecified atom stereocenters. The summed E-state index contributed by atoms with van der Waals surface area (Å²) >= 11 is 0. The molecule has 33 heavy (non-hydrogen) atoms. The van der Waals surface area contributed by atoms with Crippen molar-refractivity contribution in [2.24, 2.45) is 0 Å². The molecule has 0 fully saturated rings. The van der Waals surface area contributed by atoms with Gasteiger partial charge >= 0.3 is 5.97 Å². The van der Waals surface area contributed by atoms with Crippen molar-refractivity contribution in [2.75, 3.05) is 7.11 Å². The molecule has 170 valence electrons. The molecule has 3 aromatic carbocycles. The molecule has 0 saturated heterocycles. The average molecular weight is 447 g/mol. The third kappa shape index (κ3) is 6.93. The standard InChI is InChI=1S/C26H26N2O5/c1-33-21-14-12-19(13-15-21)23(17-25(30)31)27-24(29)16-22(18-8-4-2-5-9-18)28-26(32)20-10-6-3-7-11-20/h2-15,22-23H,16-17H2,1H3,(H,27,29)(H,28,32)(H,30,31). The number of amides is 2. The van der Waals surface area contributed by atoms with Gasteiger partial charge in [0.2, 0.25) is 5.91 Å². The summed E-state index contributed by atoms with van der Waals surface area (Å²) in [6.45, 7) is 0. The van der Waals surface area contributed by atoms with Crippen LogP contribution in [0, 0.1) is 0 Å². The smallest absolute Gasteiger partial charge is 0.305 e. The van der Waals surface area contributed by atoms with Gasteiger partial charge in [0.25, 0.3) is 5.91 Å². The minimum absolute atomic E-state index is 0.0468. The molecular weight excluding hydrogens is 420 g/mol. The topological polar surface area (TPSA) is 105 Å². The van der Waals surface area contributed by atoms with Gasteiger partial charge in [-0.1, -0.05) is 60.7 Å². The second-order valence-electron chi connectivity index (χ2n) is 7.50. The first kappa shape index (κ1) is 23.5. The van der Waals surface area contributed by atoms with E-state index in [-0.39, 0.29) is 24.7 Å². The van der Waals surface area contributed by atoms with Crippen LogP contribution >= 0.6 is 0 Å². The van der Waals surface area contributed by atoms with Crippen LogP contribution in [-0.4, -0.2) is 30.0 Å². The molecule has 0 radical (unpaired) electrons. The normalized spacial score (nSPS) is 12.3. The highest BCUT2D eigenvalue weighted by atomic mass is 16.5. The highest BCUT2D eigenvalue weighted by Gasteiger charge is 2.23. The van der Waals surface area contributed by atoms with Crippen LogP contribution in [0.3, 0.4) is 0 Å². The van der Waals surface area contributed by atoms with Crippen LogP contribution in [0.25, 0.3) is 0 Å². The molecule has 0 aliphatic heterocycles. The fraction of sp³-hybridized carbons (Fsp3) is 0.192. The molecule has 7 heteroatoms. The predicted molar refractivity (Wildman–Crippen MR) is 124 cm³/mol. The Morgan fingerprint density at radius 1 is 0.758 bits per heavy atom. The van der Waals surface area contributed by atoms with E-state index in [1.165, 1.54) is 0 Å². The third-order valence-corrected chi connectivity index (χ3v) is 5.16. The summed E-state index contributed by atoms with van der Waals surface area (Å²) in [5.74, 6) is -1.08. The maximum Gasteiger partial charge on any atom is 0.305 e. The van der Waals surface area contributed by atoms with E-state index in [0.29, 0.717) is 16.9 Å². The Morgan fingerprint density at radius 2 is 1.30 bits per heavy atom. The second-order valence-corrected chi connectivity index (χ2v) is 7.50. The Balaban J connectivity index is 1.76. The molecule has 0 bridgehead atoms. The number of aliphatic carboxylic acids is 1. The van der Waals surface area contributed by atoms with Crippen LogP contribution in [0.1, 0.15) is 46.4 Å². The number of nitrogens with one attached hydrogen (secondary N) is 2. The van der Waals surface area contributed by atoms with Crippen molar-refractivity contribution in [3.8, 4) is 5.75 Å². The molecule has 3 aromatic rings. The molecule has 0 saturated carbocycles. The zero-order valence-corrected chi connectivity index (χ0v) is 18.2. The lowest BCUT2D eigenvalue weighted by Crippen LogP contribution is -2.36. The average Bonchev–Trinajstić information content (AvgIpc) is 2.84. The Hall–Kier alpha value is -4.13. The van der Waals surface area contributed by atoms with E-state index in [9.17, 15) is 19.5 Å². The zero-order valence-electron chi connectivity index (χ0n) is 18.2. The SMILES string of the molecule is COc1ccc(C(CC(=O)O)NC(=O)CC(NC(=O)c2ccccc2)c2ccccc2)cc1. The van der Waals surface area contributed by atoms with Crippen LogP contribution in [0.4, 0.5) is 0 Å². The van der Waals surface area contributed by atoms with E-state index in [1.807, 2.05) is 36.4 Å². The van der Waals surface area contributed by atoms with Gasteiger partial charge < -0.3 is 20.5 Å². The largest absolute Gasteiger partial charge is 0.497 e. The number of carboxylic acid groups (broad SMARTS) is 1. The summed E-state index contributed by atoms with van der Waals surface area (Å²) in [7, 11) is 1.54. The minimum atomic E-state index is -1.03. The summed E-state index contributed by atoms with van der Waals surface area (Å²) in [6.07, 6.45) is -0.320. The quantitative estimate of drug-likeness (QED) is 0.438. The van der Waals surface area contributed by atoms with Gasteiger partial charge in [-0.05, 0) is 35.4 Å². The van der Waals surface area contributed by atoms with Gasteiger partial charge in [-0.3, -0.25) is 14.4 Å². The first-order valence-corrected chi connectivity index (χ1v) is 10.5. The Morgan fingerprint density at radius 3 is 1.88 bits per heavy atom. The van der Waals surface area contributed by atoms with Gasteiger partial charge in [0.05, 0.1) is 32.0 Å². The summed E-state index contributed by atoms with van der Waals surface area (Å²) in [5.41, 5.74) is 1.91. The molecule has 2 amide bonds. The van der Waals surface area contributed by atoms with Crippen LogP contribution in [0.15, 0.2) is 84.9 Å². The lowest BCUT2D eigenvalue weighted by atomic mass is 10.0. The summed E-state index contributed by atoms with van der Waals surface area (Å²) in [4.78, 5) is 37.1. The molecule has 0 aliphatic carbocycles. The van der Waals surface area contributed by atoms with Crippen molar-refractivity contribution < 1.29 is 24.2 Å². The second kappa shape index (κ2) is 11.5. The van der Waals surface area contributed by atoms with Crippen molar-refractivity contribution in [2.45, 2.75) is 24.9 Å². The van der Waals surface area contributed by atoms with Gasteiger partial charge in [-0.25, -0.2) is 0 Å². The van der Waals surface area contributed by atoms with E-state index in [4.69, 9.17) is 4.74 Å². The van der Waals surface area contributed by atoms with E-state index < -0.39 is 18.1 Å². The highest BCUT2D eigenvalue weighted by molar-refractivity contribution is 5.94. The molecular formula is C26H26N2O5. The molecule has 2 atom stereocenters. The number of rotatable bonds is 10. The Labute approximate surface area is 192 Å². The Bertz CT molecular complexity index is 1070. The summed E-state index contributed by atoms with van der Waals surface area (Å²) in [6, 6.07) is 23.5. The molecule has 0 aliphatic rings. The molecule has 3 rings (SSSR count). The molecule has 0 spiro atoms. The first-order valence-electron chi connectivity index (χ1n) is 10.5. The van der Waals surface area contributed by atoms with Gasteiger partial charge in [0.1, 0.15) is 5.75 Å². The summed E-state index contributed by atoms with van der Waals surface area (Å²) in [5, 5.41) is 15.1. The third-order valence-electron chi connectivity index (χ3n) is 5.16. The van der Waals surface area contributed by atoms with Crippen molar-refractivity contribution in [3.63, 3.8) is 0 Å². The van der Waals surface area contributed by atoms with Gasteiger partial charge in [-0.2, -0.15) is 0 Å². The van der Waals surface area contributed by atoms with Crippen LogP contribution in [0.5, 0.6) is 5.75 Å². The number of carboxylic acids is 1. The van der Waals surface area contributed by atoms with Gasteiger partial charge in [-0.15, -0.1) is 0 Å². The van der Waals surface area contributed by atoms with Gasteiger partial charge in [0.15, 0.2) is 0 Å². The van der Waals surface area contributed by atoms with Crippen molar-refractivity contribution >= 4 is 17.8 Å². The number of hydrogen-bond acceptors (Lipinski definition) is 4. The lowest BCUT2D eigenvalue weighted by Gasteiger charge is -2.22. The molecule has 7 nitrogen and oxygen atoms in total. The van der Waals surface area contributed by atoms with Crippen molar-refractivity contribution in [3.05, 3.63) is 102 Å². The van der Waals surface area contributed by atoms with Crippen LogP contribution < -0.4 is 15.4 Å². The molecule has 0 heterocycles. The number of benzene rings is 3. The minimum Gasteiger partial charge on any atom is -0.497 e. The van der Waals surface area contributed by atoms with Crippen molar-refractivity contribution in [1.29, 1.82) is 0 Å². The van der Waals surface area contributed by atoms with E-state index in [0.717, 1.165) is 5.56 Å². The van der Waals surface area contributed by atoms with Gasteiger partial charge in [0, 0.05) is 5.56 Å². The van der Waals surface area contributed by atoms with Crippen LogP contribution in [-0.2, 0) is 9.59 Å². The molecule has 3 N–H and O–H groups in total. The van der Waals surface area contributed by atoms with E-state index >= 15 is 0 Å². The Kier molecular flexibility index (Phi) is 8.18. The number of ether oxygens (including phenoxy) is 1. The number of carbonyl (C=O) groups excluding carboxylic acids is 2. The van der Waals surface area contributed by atoms with Crippen molar-refractivity contribution in [1.82, 2.24) is 10.6 Å². The highest BCUT2D eigenvalue weighted by Crippen LogP contribution is 2.22. The number of hydrogen-bond donors (Lipinski definition) is 3. The fourth-order valence-electron chi connectivity index (χ4n) is 3.47. The predicted octanol–water partition coefficient (Wildman–Crippen LogP) is 3.89. The van der Waals surface area contributed by atoms with E-state index in [2.05, 4.69) is 10.6 Å². The van der Waals surface area contributed by atoms with E-state index in [1.54, 1.807) is 55.6 Å². The van der Waals surface area contributed by atoms with Crippen LogP contribution in [0.2, 0.25) is 0 Å².